The Morgan fingerprint density at radius 3 is 2.85 bits per heavy atom. The van der Waals surface area contributed by atoms with Gasteiger partial charge in [-0.2, -0.15) is 4.98 Å². The number of carbonyl (C=O) groups is 1. The third-order valence-electron chi connectivity index (χ3n) is 4.36. The molecule has 0 saturated carbocycles. The van der Waals surface area contributed by atoms with Gasteiger partial charge in [0, 0.05) is 16.5 Å². The molecule has 6 heteroatoms. The standard InChI is InChI=1S/C21H18N2O4/c1-13-7-8-17-15(11-25-18(17)9-13)10-20(24)26-12-19-22-21(23-27-19)16-6-4-3-5-14(16)2/h3-9,11H,10,12H2,1-2H3. The molecular formula is C21H18N2O4. The number of rotatable bonds is 5. The molecule has 0 unspecified atom stereocenters. The van der Waals surface area contributed by atoms with Crippen LogP contribution in [0.3, 0.4) is 0 Å². The van der Waals surface area contributed by atoms with Crippen molar-refractivity contribution >= 4 is 16.9 Å². The summed E-state index contributed by atoms with van der Waals surface area (Å²) in [5, 5.41) is 4.87. The van der Waals surface area contributed by atoms with E-state index in [0.29, 0.717) is 5.82 Å². The first-order valence-corrected chi connectivity index (χ1v) is 8.61. The van der Waals surface area contributed by atoms with Crippen molar-refractivity contribution in [3.63, 3.8) is 0 Å². The van der Waals surface area contributed by atoms with Gasteiger partial charge in [-0.05, 0) is 31.0 Å². The van der Waals surface area contributed by atoms with Gasteiger partial charge in [0.1, 0.15) is 5.58 Å². The van der Waals surface area contributed by atoms with E-state index in [1.807, 2.05) is 56.3 Å². The maximum atomic E-state index is 12.2. The maximum Gasteiger partial charge on any atom is 0.310 e. The highest BCUT2D eigenvalue weighted by molar-refractivity contribution is 5.86. The summed E-state index contributed by atoms with van der Waals surface area (Å²) in [7, 11) is 0. The van der Waals surface area contributed by atoms with Crippen molar-refractivity contribution in [3.05, 3.63) is 71.3 Å². The van der Waals surface area contributed by atoms with Crippen LogP contribution in [0.2, 0.25) is 0 Å². The van der Waals surface area contributed by atoms with Crippen LogP contribution in [0, 0.1) is 13.8 Å². The lowest BCUT2D eigenvalue weighted by Gasteiger charge is -2.01. The van der Waals surface area contributed by atoms with Gasteiger partial charge < -0.3 is 13.7 Å². The third-order valence-corrected chi connectivity index (χ3v) is 4.36. The molecule has 136 valence electrons. The zero-order valence-electron chi connectivity index (χ0n) is 15.1. The van der Waals surface area contributed by atoms with E-state index in [4.69, 9.17) is 13.7 Å². The van der Waals surface area contributed by atoms with Crippen LogP contribution < -0.4 is 0 Å². The number of fused-ring (bicyclic) bond motifs is 1. The maximum absolute atomic E-state index is 12.2. The molecule has 0 aliphatic carbocycles. The Labute approximate surface area is 155 Å². The predicted octanol–water partition coefficient (Wildman–Crippen LogP) is 4.39. The van der Waals surface area contributed by atoms with Gasteiger partial charge in [-0.25, -0.2) is 0 Å². The van der Waals surface area contributed by atoms with Gasteiger partial charge in [-0.15, -0.1) is 0 Å². The Bertz CT molecular complexity index is 1110. The molecule has 27 heavy (non-hydrogen) atoms. The number of esters is 1. The first kappa shape index (κ1) is 17.0. The minimum atomic E-state index is -0.381. The zero-order valence-corrected chi connectivity index (χ0v) is 15.1. The average molecular weight is 362 g/mol. The summed E-state index contributed by atoms with van der Waals surface area (Å²) < 4.78 is 16.0. The predicted molar refractivity (Wildman–Crippen MR) is 98.9 cm³/mol. The first-order chi connectivity index (χ1) is 13.1. The largest absolute Gasteiger partial charge is 0.464 e. The number of hydrogen-bond acceptors (Lipinski definition) is 6. The fourth-order valence-electron chi connectivity index (χ4n) is 2.92. The quantitative estimate of drug-likeness (QED) is 0.490. The smallest absolute Gasteiger partial charge is 0.310 e. The fraction of sp³-hybridized carbons (Fsp3) is 0.190. The molecule has 4 rings (SSSR count). The van der Waals surface area contributed by atoms with Gasteiger partial charge in [0.05, 0.1) is 12.7 Å². The summed E-state index contributed by atoms with van der Waals surface area (Å²) in [5.41, 5.74) is 4.59. The molecule has 2 heterocycles. The summed E-state index contributed by atoms with van der Waals surface area (Å²) in [5.74, 6) is 0.360. The van der Waals surface area contributed by atoms with Crippen LogP contribution in [0.15, 0.2) is 57.7 Å². The van der Waals surface area contributed by atoms with Crippen LogP contribution in [-0.2, 0) is 22.6 Å². The molecule has 0 saturated heterocycles. The lowest BCUT2D eigenvalue weighted by molar-refractivity contribution is -0.144. The van der Waals surface area contributed by atoms with E-state index in [2.05, 4.69) is 10.1 Å². The molecule has 6 nitrogen and oxygen atoms in total. The van der Waals surface area contributed by atoms with Crippen molar-refractivity contribution in [2.45, 2.75) is 26.9 Å². The lowest BCUT2D eigenvalue weighted by atomic mass is 10.1. The second kappa shape index (κ2) is 7.07. The molecule has 0 radical (unpaired) electrons. The molecule has 2 aromatic carbocycles. The Morgan fingerprint density at radius 2 is 2.00 bits per heavy atom. The highest BCUT2D eigenvalue weighted by atomic mass is 16.6. The van der Waals surface area contributed by atoms with E-state index in [9.17, 15) is 4.79 Å². The monoisotopic (exact) mass is 362 g/mol. The van der Waals surface area contributed by atoms with Gasteiger partial charge in [-0.1, -0.05) is 41.6 Å². The van der Waals surface area contributed by atoms with Crippen molar-refractivity contribution < 1.29 is 18.5 Å². The number of aromatic nitrogens is 2. The lowest BCUT2D eigenvalue weighted by Crippen LogP contribution is -2.07. The fourth-order valence-corrected chi connectivity index (χ4v) is 2.92. The Kier molecular flexibility index (Phi) is 4.46. The van der Waals surface area contributed by atoms with Crippen molar-refractivity contribution in [2.75, 3.05) is 0 Å². The van der Waals surface area contributed by atoms with E-state index in [1.165, 1.54) is 0 Å². The number of ether oxygens (including phenoxy) is 1. The Hall–Kier alpha value is -3.41. The van der Waals surface area contributed by atoms with Crippen molar-refractivity contribution in [1.82, 2.24) is 10.1 Å². The number of hydrogen-bond donors (Lipinski definition) is 0. The van der Waals surface area contributed by atoms with E-state index in [0.717, 1.165) is 33.2 Å². The summed E-state index contributed by atoms with van der Waals surface area (Å²) in [6.45, 7) is 3.90. The molecule has 0 fully saturated rings. The Morgan fingerprint density at radius 1 is 1.15 bits per heavy atom. The molecule has 0 amide bonds. The summed E-state index contributed by atoms with van der Waals surface area (Å²) in [4.78, 5) is 16.5. The second-order valence-corrected chi connectivity index (χ2v) is 6.42. The van der Waals surface area contributed by atoms with Crippen LogP contribution in [0.25, 0.3) is 22.4 Å². The molecule has 0 N–H and O–H groups in total. The van der Waals surface area contributed by atoms with Gasteiger partial charge in [0.2, 0.25) is 5.82 Å². The number of carbonyl (C=O) groups excluding carboxylic acids is 1. The van der Waals surface area contributed by atoms with Crippen LogP contribution in [0.5, 0.6) is 0 Å². The number of benzene rings is 2. The number of nitrogens with zero attached hydrogens (tertiary/aromatic N) is 2. The molecule has 0 bridgehead atoms. The van der Waals surface area contributed by atoms with E-state index in [-0.39, 0.29) is 24.9 Å². The van der Waals surface area contributed by atoms with Crippen molar-refractivity contribution in [2.24, 2.45) is 0 Å². The zero-order chi connectivity index (χ0) is 18.8. The summed E-state index contributed by atoms with van der Waals surface area (Å²) in [6, 6.07) is 13.6. The highest BCUT2D eigenvalue weighted by Gasteiger charge is 2.15. The van der Waals surface area contributed by atoms with Gasteiger partial charge in [0.15, 0.2) is 6.61 Å². The normalized spacial score (nSPS) is 11.0. The first-order valence-electron chi connectivity index (χ1n) is 8.61. The van der Waals surface area contributed by atoms with Gasteiger partial charge in [-0.3, -0.25) is 4.79 Å². The molecule has 0 atom stereocenters. The third kappa shape index (κ3) is 3.60. The minimum absolute atomic E-state index is 0.0629. The number of furan rings is 1. The minimum Gasteiger partial charge on any atom is -0.464 e. The van der Waals surface area contributed by atoms with Crippen molar-refractivity contribution in [1.29, 1.82) is 0 Å². The van der Waals surface area contributed by atoms with Crippen LogP contribution in [-0.4, -0.2) is 16.1 Å². The molecule has 2 aromatic heterocycles. The average Bonchev–Trinajstić information content (AvgIpc) is 3.27. The van der Waals surface area contributed by atoms with Crippen LogP contribution in [0.1, 0.15) is 22.6 Å². The highest BCUT2D eigenvalue weighted by Crippen LogP contribution is 2.23. The summed E-state index contributed by atoms with van der Waals surface area (Å²) in [6.07, 6.45) is 1.71. The van der Waals surface area contributed by atoms with Crippen LogP contribution >= 0.6 is 0 Å². The van der Waals surface area contributed by atoms with Crippen LogP contribution in [0.4, 0.5) is 0 Å². The Balaban J connectivity index is 1.40. The van der Waals surface area contributed by atoms with Gasteiger partial charge >= 0.3 is 5.97 Å². The van der Waals surface area contributed by atoms with Crippen molar-refractivity contribution in [3.8, 4) is 11.4 Å². The molecule has 4 aromatic rings. The van der Waals surface area contributed by atoms with Gasteiger partial charge in [0.25, 0.3) is 5.89 Å². The second-order valence-electron chi connectivity index (χ2n) is 6.42. The van der Waals surface area contributed by atoms with E-state index >= 15 is 0 Å². The molecule has 0 aliphatic heterocycles. The van der Waals surface area contributed by atoms with E-state index in [1.54, 1.807) is 6.26 Å². The number of aryl methyl sites for hydroxylation is 2. The SMILES string of the molecule is Cc1ccc2c(CC(=O)OCc3nc(-c4ccccc4C)no3)coc2c1. The summed E-state index contributed by atoms with van der Waals surface area (Å²) >= 11 is 0. The topological polar surface area (TPSA) is 78.4 Å². The molecular weight excluding hydrogens is 344 g/mol. The molecule has 0 spiro atoms. The van der Waals surface area contributed by atoms with E-state index < -0.39 is 0 Å². The molecule has 0 aliphatic rings.